The molecule has 0 N–H and O–H groups in total. The van der Waals surface area contributed by atoms with Gasteiger partial charge in [-0.3, -0.25) is 4.79 Å². The molecule has 0 bridgehead atoms. The van der Waals surface area contributed by atoms with E-state index in [-0.39, 0.29) is 23.3 Å². The summed E-state index contributed by atoms with van der Waals surface area (Å²) in [6.07, 6.45) is 5.10. The van der Waals surface area contributed by atoms with E-state index in [0.29, 0.717) is 31.1 Å². The number of carbonyl (C=O) groups excluding carboxylic acids is 1. The van der Waals surface area contributed by atoms with Crippen LogP contribution in [0.4, 0.5) is 0 Å². The number of carbonyl (C=O) groups is 1. The number of sulfone groups is 1. The average molecular weight is 457 g/mol. The van der Waals surface area contributed by atoms with Gasteiger partial charge >= 0.3 is 0 Å². The highest BCUT2D eigenvalue weighted by Crippen LogP contribution is 2.29. The Bertz CT molecular complexity index is 1210. The summed E-state index contributed by atoms with van der Waals surface area (Å²) < 4.78 is 31.1. The van der Waals surface area contributed by atoms with Gasteiger partial charge in [-0.1, -0.05) is 19.1 Å². The van der Waals surface area contributed by atoms with Crippen LogP contribution in [0.3, 0.4) is 0 Å². The van der Waals surface area contributed by atoms with Gasteiger partial charge in [0.2, 0.25) is 0 Å². The Hall–Kier alpha value is -2.94. The molecular weight excluding hydrogens is 428 g/mol. The van der Waals surface area contributed by atoms with Crippen LogP contribution in [-0.4, -0.2) is 65.5 Å². The molecule has 0 radical (unpaired) electrons. The number of hydrogen-bond acceptors (Lipinski definition) is 6. The lowest BCUT2D eigenvalue weighted by Crippen LogP contribution is -2.38. The maximum Gasteiger partial charge on any atom is 0.272 e. The molecule has 1 saturated heterocycles. The van der Waals surface area contributed by atoms with Crippen molar-refractivity contribution in [1.82, 2.24) is 19.4 Å². The van der Waals surface area contributed by atoms with E-state index in [0.717, 1.165) is 29.6 Å². The van der Waals surface area contributed by atoms with Crippen molar-refractivity contribution in [3.05, 3.63) is 54.2 Å². The number of aromatic nitrogens is 3. The van der Waals surface area contributed by atoms with E-state index in [2.05, 4.69) is 9.97 Å². The maximum atomic E-state index is 13.1. The lowest BCUT2D eigenvalue weighted by atomic mass is 9.95. The third-order valence-electron chi connectivity index (χ3n) is 6.10. The molecule has 1 aliphatic rings. The fourth-order valence-corrected chi connectivity index (χ4v) is 4.94. The topological polar surface area (TPSA) is 94.4 Å². The second-order valence-electron chi connectivity index (χ2n) is 8.01. The summed E-state index contributed by atoms with van der Waals surface area (Å²) >= 11 is 0. The Morgan fingerprint density at radius 3 is 2.69 bits per heavy atom. The molecule has 170 valence electrons. The number of pyridine rings is 1. The predicted octanol–water partition coefficient (Wildman–Crippen LogP) is 2.89. The highest BCUT2D eigenvalue weighted by Gasteiger charge is 2.28. The second kappa shape index (κ2) is 9.28. The van der Waals surface area contributed by atoms with Crippen LogP contribution in [0, 0.1) is 0 Å². The van der Waals surface area contributed by atoms with Gasteiger partial charge in [-0.2, -0.15) is 0 Å². The molecule has 0 atom stereocenters. The van der Waals surface area contributed by atoms with Gasteiger partial charge in [0.05, 0.1) is 18.4 Å². The zero-order chi connectivity index (χ0) is 22.7. The smallest absolute Gasteiger partial charge is 0.272 e. The molecule has 8 nitrogen and oxygen atoms in total. The quantitative estimate of drug-likeness (QED) is 0.543. The zero-order valence-electron chi connectivity index (χ0n) is 18.4. The van der Waals surface area contributed by atoms with Crippen LogP contribution in [0.1, 0.15) is 42.0 Å². The minimum absolute atomic E-state index is 0.107. The molecule has 0 unspecified atom stereocenters. The third kappa shape index (κ3) is 4.62. The number of rotatable bonds is 7. The normalized spacial score (nSPS) is 15.2. The van der Waals surface area contributed by atoms with Crippen molar-refractivity contribution in [3.8, 4) is 5.75 Å². The van der Waals surface area contributed by atoms with Crippen molar-refractivity contribution < 1.29 is 17.9 Å². The lowest BCUT2D eigenvalue weighted by molar-refractivity contribution is 0.0704. The summed E-state index contributed by atoms with van der Waals surface area (Å²) in [4.78, 5) is 24.0. The van der Waals surface area contributed by atoms with Crippen LogP contribution < -0.4 is 4.74 Å². The van der Waals surface area contributed by atoms with Crippen molar-refractivity contribution in [2.45, 2.75) is 32.2 Å². The van der Waals surface area contributed by atoms with E-state index in [1.807, 2.05) is 39.9 Å². The molecule has 4 rings (SSSR count). The van der Waals surface area contributed by atoms with E-state index in [4.69, 9.17) is 4.74 Å². The number of imidazole rings is 1. The maximum absolute atomic E-state index is 13.1. The number of hydrogen-bond donors (Lipinski definition) is 0. The number of piperidine rings is 1. The molecule has 0 aliphatic carbocycles. The van der Waals surface area contributed by atoms with E-state index in [1.54, 1.807) is 26.3 Å². The summed E-state index contributed by atoms with van der Waals surface area (Å²) in [6.45, 7) is 3.27. The Balaban J connectivity index is 1.44. The summed E-state index contributed by atoms with van der Waals surface area (Å²) in [5.41, 5.74) is 1.11. The minimum Gasteiger partial charge on any atom is -0.496 e. The Morgan fingerprint density at radius 1 is 1.22 bits per heavy atom. The van der Waals surface area contributed by atoms with Gasteiger partial charge in [-0.15, -0.1) is 0 Å². The molecule has 2 aromatic heterocycles. The average Bonchev–Trinajstić information content (AvgIpc) is 3.30. The number of amides is 1. The van der Waals surface area contributed by atoms with Crippen LogP contribution in [0.5, 0.6) is 5.75 Å². The Kier molecular flexibility index (Phi) is 6.45. The van der Waals surface area contributed by atoms with Gasteiger partial charge in [0.15, 0.2) is 9.84 Å². The summed E-state index contributed by atoms with van der Waals surface area (Å²) in [5.74, 6) is 1.87. The molecule has 0 saturated carbocycles. The van der Waals surface area contributed by atoms with Crippen LogP contribution in [-0.2, 0) is 16.4 Å². The molecular formula is C23H28N4O4S. The van der Waals surface area contributed by atoms with Crippen molar-refractivity contribution in [3.63, 3.8) is 0 Å². The monoisotopic (exact) mass is 456 g/mol. The molecule has 32 heavy (non-hydrogen) atoms. The fourth-order valence-electron chi connectivity index (χ4n) is 4.18. The number of aryl methyl sites for hydroxylation is 1. The first-order valence-electron chi connectivity index (χ1n) is 10.9. The SMILES string of the molecule is CCS(=O)(=O)CCn1ccnc1C1CCN(C(=O)c2cc(OC)c3ccccc3n2)CC1. The van der Waals surface area contributed by atoms with Crippen molar-refractivity contribution in [2.24, 2.45) is 0 Å². The van der Waals surface area contributed by atoms with E-state index in [1.165, 1.54) is 0 Å². The van der Waals surface area contributed by atoms with E-state index >= 15 is 0 Å². The van der Waals surface area contributed by atoms with Crippen molar-refractivity contribution in [2.75, 3.05) is 31.7 Å². The number of para-hydroxylation sites is 1. The van der Waals surface area contributed by atoms with Crippen LogP contribution in [0.25, 0.3) is 10.9 Å². The predicted molar refractivity (Wildman–Crippen MR) is 123 cm³/mol. The number of fused-ring (bicyclic) bond motifs is 1. The summed E-state index contributed by atoms with van der Waals surface area (Å²) in [6, 6.07) is 9.31. The van der Waals surface area contributed by atoms with Gasteiger partial charge in [0.1, 0.15) is 17.3 Å². The largest absolute Gasteiger partial charge is 0.496 e. The van der Waals surface area contributed by atoms with Crippen molar-refractivity contribution >= 4 is 26.6 Å². The van der Waals surface area contributed by atoms with Crippen LogP contribution in [0.15, 0.2) is 42.7 Å². The Labute approximate surface area is 188 Å². The lowest BCUT2D eigenvalue weighted by Gasteiger charge is -2.32. The van der Waals surface area contributed by atoms with E-state index in [9.17, 15) is 13.2 Å². The summed E-state index contributed by atoms with van der Waals surface area (Å²) in [7, 11) is -1.44. The first-order chi connectivity index (χ1) is 15.4. The first-order valence-corrected chi connectivity index (χ1v) is 12.7. The highest BCUT2D eigenvalue weighted by molar-refractivity contribution is 7.91. The van der Waals surface area contributed by atoms with Gasteiger partial charge in [-0.25, -0.2) is 18.4 Å². The van der Waals surface area contributed by atoms with Gasteiger partial charge in [0.25, 0.3) is 5.91 Å². The number of benzene rings is 1. The molecule has 9 heteroatoms. The number of ether oxygens (including phenoxy) is 1. The fraction of sp³-hybridized carbons (Fsp3) is 0.435. The van der Waals surface area contributed by atoms with Gasteiger partial charge < -0.3 is 14.2 Å². The minimum atomic E-state index is -3.03. The number of nitrogens with zero attached hydrogens (tertiary/aromatic N) is 4. The molecule has 0 spiro atoms. The second-order valence-corrected chi connectivity index (χ2v) is 10.5. The molecule has 1 aliphatic heterocycles. The molecule has 3 aromatic rings. The molecule has 1 aromatic carbocycles. The number of likely N-dealkylation sites (tertiary alicyclic amines) is 1. The third-order valence-corrected chi connectivity index (χ3v) is 7.78. The standard InChI is InChI=1S/C23H28N4O4S/c1-3-32(29,30)15-14-26-13-10-24-22(26)17-8-11-27(12-9-17)23(28)20-16-21(31-2)18-6-4-5-7-19(18)25-20/h4-7,10,13,16-17H,3,8-9,11-12,14-15H2,1-2H3. The van der Waals surface area contributed by atoms with Gasteiger partial charge in [0, 0.05) is 55.2 Å². The molecule has 1 amide bonds. The van der Waals surface area contributed by atoms with Crippen LogP contribution >= 0.6 is 0 Å². The highest BCUT2D eigenvalue weighted by atomic mass is 32.2. The van der Waals surface area contributed by atoms with Gasteiger partial charge in [-0.05, 0) is 25.0 Å². The Morgan fingerprint density at radius 2 is 1.97 bits per heavy atom. The number of methoxy groups -OCH3 is 1. The summed E-state index contributed by atoms with van der Waals surface area (Å²) in [5, 5.41) is 0.877. The molecule has 3 heterocycles. The molecule has 1 fully saturated rings. The zero-order valence-corrected chi connectivity index (χ0v) is 19.2. The van der Waals surface area contributed by atoms with Crippen molar-refractivity contribution in [1.29, 1.82) is 0 Å². The first kappa shape index (κ1) is 22.3. The van der Waals surface area contributed by atoms with E-state index < -0.39 is 9.84 Å². The van der Waals surface area contributed by atoms with Crippen LogP contribution in [0.2, 0.25) is 0 Å².